The molecule has 0 radical (unpaired) electrons. The molecule has 1 aliphatic heterocycles. The molecule has 1 aliphatic rings. The minimum absolute atomic E-state index is 0.560. The average molecular weight is 386 g/mol. The monoisotopic (exact) mass is 386 g/mol. The molecule has 146 valence electrons. The molecule has 4 heterocycles. The van der Waals surface area contributed by atoms with E-state index in [1.165, 1.54) is 11.1 Å². The average Bonchev–Trinajstić information content (AvgIpc) is 3.17. The van der Waals surface area contributed by atoms with Crippen LogP contribution in [0.25, 0.3) is 16.8 Å². The Hall–Kier alpha value is -3.45. The van der Waals surface area contributed by atoms with Gasteiger partial charge in [-0.2, -0.15) is 0 Å². The van der Waals surface area contributed by atoms with Gasteiger partial charge in [0.05, 0.1) is 24.5 Å². The third-order valence-corrected chi connectivity index (χ3v) is 5.31. The van der Waals surface area contributed by atoms with Crippen LogP contribution < -0.4 is 10.1 Å². The van der Waals surface area contributed by atoms with Crippen LogP contribution >= 0.6 is 0 Å². The Bertz CT molecular complexity index is 1170. The van der Waals surface area contributed by atoms with Crippen LogP contribution in [0.2, 0.25) is 0 Å². The summed E-state index contributed by atoms with van der Waals surface area (Å²) in [5.41, 5.74) is 6.63. The largest absolute Gasteiger partial charge is 0.481 e. The first-order valence-electron chi connectivity index (χ1n) is 9.62. The Morgan fingerprint density at radius 2 is 1.93 bits per heavy atom. The van der Waals surface area contributed by atoms with Crippen molar-refractivity contribution < 1.29 is 4.74 Å². The maximum Gasteiger partial charge on any atom is 0.245 e. The molecule has 0 fully saturated rings. The van der Waals surface area contributed by atoms with Crippen LogP contribution in [0, 0.1) is 0 Å². The van der Waals surface area contributed by atoms with Gasteiger partial charge in [0, 0.05) is 36.6 Å². The molecule has 0 saturated carbocycles. The molecule has 0 amide bonds. The van der Waals surface area contributed by atoms with Gasteiger partial charge in [-0.3, -0.25) is 0 Å². The van der Waals surface area contributed by atoms with Crippen LogP contribution in [0.15, 0.2) is 54.9 Å². The first-order valence-corrected chi connectivity index (χ1v) is 9.62. The number of benzene rings is 1. The van der Waals surface area contributed by atoms with E-state index >= 15 is 0 Å². The van der Waals surface area contributed by atoms with E-state index in [4.69, 9.17) is 9.84 Å². The van der Waals surface area contributed by atoms with Crippen LogP contribution in [0.3, 0.4) is 0 Å². The number of methoxy groups -OCH3 is 1. The first-order chi connectivity index (χ1) is 14.2. The van der Waals surface area contributed by atoms with Crippen molar-refractivity contribution in [2.24, 2.45) is 0 Å². The molecule has 0 atom stereocenters. The summed E-state index contributed by atoms with van der Waals surface area (Å²) in [7, 11) is 3.77. The van der Waals surface area contributed by atoms with Crippen molar-refractivity contribution in [1.82, 2.24) is 24.5 Å². The van der Waals surface area contributed by atoms with Gasteiger partial charge >= 0.3 is 0 Å². The molecule has 0 bridgehead atoms. The minimum Gasteiger partial charge on any atom is -0.481 e. The lowest BCUT2D eigenvalue weighted by atomic mass is 9.99. The van der Waals surface area contributed by atoms with Crippen molar-refractivity contribution in [2.75, 3.05) is 26.0 Å². The fourth-order valence-corrected chi connectivity index (χ4v) is 3.73. The summed E-state index contributed by atoms with van der Waals surface area (Å²) in [5, 5.41) is 8.05. The SMILES string of the molecule is COc1ccc(-c2ccc3cnc(Nc4ccc5c(c4)CCN(C)C5)nn23)cn1. The molecule has 0 spiro atoms. The van der Waals surface area contributed by atoms with Gasteiger partial charge in [-0.05, 0) is 54.9 Å². The molecule has 1 N–H and O–H groups in total. The molecular formula is C22H22N6O. The van der Waals surface area contributed by atoms with E-state index in [-0.39, 0.29) is 0 Å². The number of ether oxygens (including phenoxy) is 1. The molecule has 5 rings (SSSR count). The number of anilines is 2. The van der Waals surface area contributed by atoms with Crippen LogP contribution in [0.4, 0.5) is 11.6 Å². The zero-order valence-corrected chi connectivity index (χ0v) is 16.5. The third-order valence-electron chi connectivity index (χ3n) is 5.31. The standard InChI is InChI=1S/C22H22N6O/c1-27-10-9-15-11-18(5-3-17(15)14-27)25-22-24-13-19-6-7-20(28(19)26-22)16-4-8-21(29-2)23-12-16/h3-8,11-13H,9-10,14H2,1-2H3,(H,25,26). The Kier molecular flexibility index (Phi) is 4.37. The van der Waals surface area contributed by atoms with Gasteiger partial charge in [0.15, 0.2) is 0 Å². The molecule has 0 unspecified atom stereocenters. The molecule has 3 aromatic heterocycles. The topological polar surface area (TPSA) is 67.6 Å². The number of fused-ring (bicyclic) bond motifs is 2. The second kappa shape index (κ2) is 7.18. The number of rotatable bonds is 4. The number of hydrogen-bond acceptors (Lipinski definition) is 6. The second-order valence-corrected chi connectivity index (χ2v) is 7.32. The van der Waals surface area contributed by atoms with Crippen molar-refractivity contribution in [2.45, 2.75) is 13.0 Å². The van der Waals surface area contributed by atoms with E-state index in [0.717, 1.165) is 42.0 Å². The van der Waals surface area contributed by atoms with E-state index in [0.29, 0.717) is 11.8 Å². The maximum atomic E-state index is 5.15. The number of hydrogen-bond donors (Lipinski definition) is 1. The zero-order valence-electron chi connectivity index (χ0n) is 16.5. The Morgan fingerprint density at radius 1 is 1.00 bits per heavy atom. The molecule has 7 heteroatoms. The molecule has 1 aromatic carbocycles. The first kappa shape index (κ1) is 17.6. The zero-order chi connectivity index (χ0) is 19.8. The van der Waals surface area contributed by atoms with Crippen LogP contribution in [0.5, 0.6) is 5.88 Å². The van der Waals surface area contributed by atoms with E-state index in [1.807, 2.05) is 35.0 Å². The smallest absolute Gasteiger partial charge is 0.245 e. The molecule has 29 heavy (non-hydrogen) atoms. The molecule has 0 saturated heterocycles. The minimum atomic E-state index is 0.560. The lowest BCUT2D eigenvalue weighted by Gasteiger charge is -2.25. The highest BCUT2D eigenvalue weighted by atomic mass is 16.5. The Labute approximate surface area is 169 Å². The van der Waals surface area contributed by atoms with Gasteiger partial charge < -0.3 is 15.0 Å². The number of nitrogens with one attached hydrogen (secondary N) is 1. The normalized spacial score (nSPS) is 14.0. The number of nitrogens with zero attached hydrogens (tertiary/aromatic N) is 5. The summed E-state index contributed by atoms with van der Waals surface area (Å²) in [6.07, 6.45) is 4.67. The predicted octanol–water partition coefficient (Wildman–Crippen LogP) is 3.53. The Balaban J connectivity index is 1.45. The van der Waals surface area contributed by atoms with Crippen LogP contribution in [0.1, 0.15) is 11.1 Å². The maximum absolute atomic E-state index is 5.15. The van der Waals surface area contributed by atoms with Gasteiger partial charge in [-0.25, -0.2) is 14.5 Å². The number of likely N-dealkylation sites (N-methyl/N-ethyl adjacent to an activating group) is 1. The summed E-state index contributed by atoms with van der Waals surface area (Å²) >= 11 is 0. The van der Waals surface area contributed by atoms with Crippen molar-refractivity contribution in [3.63, 3.8) is 0 Å². The van der Waals surface area contributed by atoms with Crippen molar-refractivity contribution in [3.05, 3.63) is 66.0 Å². The quantitative estimate of drug-likeness (QED) is 0.579. The van der Waals surface area contributed by atoms with Gasteiger partial charge in [0.1, 0.15) is 0 Å². The van der Waals surface area contributed by atoms with Gasteiger partial charge in [0.25, 0.3) is 0 Å². The highest BCUT2D eigenvalue weighted by Crippen LogP contribution is 2.25. The lowest BCUT2D eigenvalue weighted by Crippen LogP contribution is -2.26. The van der Waals surface area contributed by atoms with Gasteiger partial charge in [-0.1, -0.05) is 6.07 Å². The van der Waals surface area contributed by atoms with Gasteiger partial charge in [-0.15, -0.1) is 5.10 Å². The summed E-state index contributed by atoms with van der Waals surface area (Å²) in [4.78, 5) is 11.1. The summed E-state index contributed by atoms with van der Waals surface area (Å²) in [6, 6.07) is 14.3. The summed E-state index contributed by atoms with van der Waals surface area (Å²) in [6.45, 7) is 2.09. The molecule has 7 nitrogen and oxygen atoms in total. The molecule has 0 aliphatic carbocycles. The predicted molar refractivity (Wildman–Crippen MR) is 113 cm³/mol. The molecule has 4 aromatic rings. The van der Waals surface area contributed by atoms with Crippen molar-refractivity contribution in [3.8, 4) is 17.1 Å². The number of pyridine rings is 1. The van der Waals surface area contributed by atoms with Crippen LogP contribution in [-0.2, 0) is 13.0 Å². The van der Waals surface area contributed by atoms with E-state index < -0.39 is 0 Å². The second-order valence-electron chi connectivity index (χ2n) is 7.32. The lowest BCUT2D eigenvalue weighted by molar-refractivity contribution is 0.313. The third kappa shape index (κ3) is 3.40. The van der Waals surface area contributed by atoms with Crippen molar-refractivity contribution in [1.29, 1.82) is 0 Å². The van der Waals surface area contributed by atoms with E-state index in [2.05, 4.69) is 45.4 Å². The van der Waals surface area contributed by atoms with E-state index in [1.54, 1.807) is 13.3 Å². The van der Waals surface area contributed by atoms with E-state index in [9.17, 15) is 0 Å². The highest BCUT2D eigenvalue weighted by molar-refractivity contribution is 5.66. The van der Waals surface area contributed by atoms with Crippen molar-refractivity contribution >= 4 is 17.2 Å². The summed E-state index contributed by atoms with van der Waals surface area (Å²) < 4.78 is 7.03. The van der Waals surface area contributed by atoms with Crippen LogP contribution in [-0.4, -0.2) is 45.2 Å². The fraction of sp³-hybridized carbons (Fsp3) is 0.227. The fourth-order valence-electron chi connectivity index (χ4n) is 3.73. The Morgan fingerprint density at radius 3 is 2.76 bits per heavy atom. The summed E-state index contributed by atoms with van der Waals surface area (Å²) in [5.74, 6) is 1.15. The highest BCUT2D eigenvalue weighted by Gasteiger charge is 2.14. The number of aromatic nitrogens is 4. The molecular weight excluding hydrogens is 364 g/mol. The van der Waals surface area contributed by atoms with Gasteiger partial charge in [0.2, 0.25) is 11.8 Å².